The highest BCUT2D eigenvalue weighted by molar-refractivity contribution is 7.22. The first-order chi connectivity index (χ1) is 11.4. The average Bonchev–Trinajstić information content (AvgIpc) is 3.12. The lowest BCUT2D eigenvalue weighted by Crippen LogP contribution is -3.06. The van der Waals surface area contributed by atoms with Gasteiger partial charge in [-0.05, 0) is 30.3 Å². The number of likely N-dealkylation sites (N-methyl/N-ethyl adjacent to an activating group) is 1. The number of benzene rings is 1. The first-order valence-corrected chi connectivity index (χ1v) is 9.37. The van der Waals surface area contributed by atoms with Crippen LogP contribution >= 0.6 is 34.3 Å². The molecule has 1 N–H and O–H groups in total. The second-order valence-corrected chi connectivity index (χ2v) is 8.35. The van der Waals surface area contributed by atoms with Gasteiger partial charge in [0.2, 0.25) is 0 Å². The predicted molar refractivity (Wildman–Crippen MR) is 98.3 cm³/mol. The molecule has 0 radical (unpaired) electrons. The highest BCUT2D eigenvalue weighted by Crippen LogP contribution is 2.31. The van der Waals surface area contributed by atoms with Gasteiger partial charge in [0.25, 0.3) is 5.91 Å². The first-order valence-electron chi connectivity index (χ1n) is 7.36. The van der Waals surface area contributed by atoms with Crippen molar-refractivity contribution in [1.29, 1.82) is 0 Å². The van der Waals surface area contributed by atoms with Gasteiger partial charge >= 0.3 is 0 Å². The standard InChI is InChI=1S/C16H15ClFN3OS2/c1-20(2)7-8-21(15(22)12-5-6-14(17)23-12)16-19-11-4-3-10(18)9-13(11)24-16/h3-6,9H,7-8H2,1-2H3/p+1. The van der Waals surface area contributed by atoms with Gasteiger partial charge in [-0.1, -0.05) is 22.9 Å². The fourth-order valence-electron chi connectivity index (χ4n) is 2.18. The molecular weight excluding hydrogens is 369 g/mol. The van der Waals surface area contributed by atoms with Crippen molar-refractivity contribution in [3.8, 4) is 0 Å². The van der Waals surface area contributed by atoms with Crippen LogP contribution in [0.15, 0.2) is 30.3 Å². The Kier molecular flexibility index (Phi) is 5.15. The van der Waals surface area contributed by atoms with E-state index in [0.717, 1.165) is 11.2 Å². The summed E-state index contributed by atoms with van der Waals surface area (Å²) in [4.78, 5) is 20.8. The number of nitrogens with zero attached hydrogens (tertiary/aromatic N) is 2. The van der Waals surface area contributed by atoms with Crippen LogP contribution in [-0.4, -0.2) is 38.1 Å². The third-order valence-electron chi connectivity index (χ3n) is 3.43. The Morgan fingerprint density at radius 2 is 2.08 bits per heavy atom. The summed E-state index contributed by atoms with van der Waals surface area (Å²) in [5.74, 6) is -0.439. The van der Waals surface area contributed by atoms with E-state index in [1.807, 2.05) is 14.1 Å². The van der Waals surface area contributed by atoms with Gasteiger partial charge in [-0.3, -0.25) is 9.69 Å². The number of quaternary nitrogens is 1. The van der Waals surface area contributed by atoms with Crippen molar-refractivity contribution in [2.75, 3.05) is 32.1 Å². The molecule has 0 bridgehead atoms. The molecule has 4 nitrogen and oxygen atoms in total. The first kappa shape index (κ1) is 17.3. The highest BCUT2D eigenvalue weighted by atomic mass is 35.5. The van der Waals surface area contributed by atoms with Gasteiger partial charge in [0, 0.05) is 0 Å². The Balaban J connectivity index is 1.97. The quantitative estimate of drug-likeness (QED) is 0.734. The molecule has 0 unspecified atom stereocenters. The van der Waals surface area contributed by atoms with Crippen LogP contribution in [0.25, 0.3) is 10.2 Å². The zero-order chi connectivity index (χ0) is 17.3. The number of hydrogen-bond donors (Lipinski definition) is 1. The fourth-order valence-corrected chi connectivity index (χ4v) is 4.19. The van der Waals surface area contributed by atoms with Gasteiger partial charge in [-0.2, -0.15) is 0 Å². The summed E-state index contributed by atoms with van der Waals surface area (Å²) in [5.41, 5.74) is 0.690. The van der Waals surface area contributed by atoms with E-state index in [2.05, 4.69) is 4.98 Å². The lowest BCUT2D eigenvalue weighted by molar-refractivity contribution is -0.856. The van der Waals surface area contributed by atoms with Crippen molar-refractivity contribution >= 4 is 55.5 Å². The van der Waals surface area contributed by atoms with Crippen molar-refractivity contribution in [2.24, 2.45) is 0 Å². The van der Waals surface area contributed by atoms with Crippen LogP contribution in [0, 0.1) is 5.82 Å². The molecule has 1 aromatic carbocycles. The number of nitrogens with one attached hydrogen (secondary N) is 1. The van der Waals surface area contributed by atoms with Crippen molar-refractivity contribution in [1.82, 2.24) is 4.98 Å². The van der Waals surface area contributed by atoms with Crippen LogP contribution in [0.1, 0.15) is 9.67 Å². The number of halogens is 2. The van der Waals surface area contributed by atoms with Crippen LogP contribution in [0.4, 0.5) is 9.52 Å². The van der Waals surface area contributed by atoms with Crippen LogP contribution in [0.2, 0.25) is 4.34 Å². The lowest BCUT2D eigenvalue weighted by atomic mass is 10.3. The zero-order valence-electron chi connectivity index (χ0n) is 13.2. The number of hydrogen-bond acceptors (Lipinski definition) is 4. The van der Waals surface area contributed by atoms with Crippen LogP contribution < -0.4 is 9.80 Å². The third-order valence-corrected chi connectivity index (χ3v) is 5.69. The van der Waals surface area contributed by atoms with Crippen molar-refractivity contribution in [2.45, 2.75) is 0 Å². The highest BCUT2D eigenvalue weighted by Gasteiger charge is 2.23. The maximum atomic E-state index is 13.4. The molecule has 2 heterocycles. The number of thiophene rings is 1. The van der Waals surface area contributed by atoms with Crippen LogP contribution in [0.3, 0.4) is 0 Å². The number of anilines is 1. The van der Waals surface area contributed by atoms with Crippen molar-refractivity contribution < 1.29 is 14.1 Å². The van der Waals surface area contributed by atoms with E-state index in [-0.39, 0.29) is 11.7 Å². The van der Waals surface area contributed by atoms with E-state index < -0.39 is 0 Å². The minimum absolute atomic E-state index is 0.132. The van der Waals surface area contributed by atoms with Crippen molar-refractivity contribution in [3.63, 3.8) is 0 Å². The summed E-state index contributed by atoms with van der Waals surface area (Å²) in [6, 6.07) is 7.88. The lowest BCUT2D eigenvalue weighted by Gasteiger charge is -2.19. The normalized spacial score (nSPS) is 11.4. The molecule has 0 fully saturated rings. The SMILES string of the molecule is C[NH+](C)CCN(C(=O)c1ccc(Cl)s1)c1nc2ccc(F)cc2s1. The number of rotatable bonds is 5. The van der Waals surface area contributed by atoms with E-state index in [1.54, 1.807) is 23.1 Å². The Morgan fingerprint density at radius 3 is 2.75 bits per heavy atom. The Bertz CT molecular complexity index is 877. The van der Waals surface area contributed by atoms with E-state index in [1.165, 1.54) is 39.7 Å². The maximum Gasteiger partial charge on any atom is 0.270 e. The average molecular weight is 385 g/mol. The number of aromatic nitrogens is 1. The minimum atomic E-state index is -0.307. The van der Waals surface area contributed by atoms with Gasteiger partial charge in [-0.25, -0.2) is 9.37 Å². The number of carbonyl (C=O) groups excluding carboxylic acids is 1. The van der Waals surface area contributed by atoms with Crippen LogP contribution in [-0.2, 0) is 0 Å². The topological polar surface area (TPSA) is 37.6 Å². The summed E-state index contributed by atoms with van der Waals surface area (Å²) in [6.45, 7) is 1.30. The van der Waals surface area contributed by atoms with Gasteiger partial charge in [0.15, 0.2) is 5.13 Å². The molecule has 0 saturated heterocycles. The largest absolute Gasteiger partial charge is 0.338 e. The third kappa shape index (κ3) is 3.75. The van der Waals surface area contributed by atoms with E-state index in [0.29, 0.717) is 26.4 Å². The summed E-state index contributed by atoms with van der Waals surface area (Å²) in [7, 11) is 4.05. The molecule has 0 aliphatic heterocycles. The zero-order valence-corrected chi connectivity index (χ0v) is 15.6. The minimum Gasteiger partial charge on any atom is -0.338 e. The van der Waals surface area contributed by atoms with E-state index >= 15 is 0 Å². The Hall–Kier alpha value is -1.54. The number of thiazole rings is 1. The maximum absolute atomic E-state index is 13.4. The second-order valence-electron chi connectivity index (χ2n) is 5.63. The van der Waals surface area contributed by atoms with E-state index in [4.69, 9.17) is 11.6 Å². The number of amides is 1. The molecule has 3 rings (SSSR count). The summed E-state index contributed by atoms with van der Waals surface area (Å²) >= 11 is 8.52. The molecule has 0 aliphatic carbocycles. The molecule has 2 aromatic heterocycles. The fraction of sp³-hybridized carbons (Fsp3) is 0.250. The second kappa shape index (κ2) is 7.14. The Labute approximate surface area is 152 Å². The molecule has 8 heteroatoms. The van der Waals surface area contributed by atoms with Gasteiger partial charge in [0.1, 0.15) is 5.82 Å². The molecule has 126 valence electrons. The van der Waals surface area contributed by atoms with Gasteiger partial charge in [0.05, 0.1) is 46.6 Å². The van der Waals surface area contributed by atoms with Gasteiger partial charge < -0.3 is 4.90 Å². The molecule has 0 spiro atoms. The molecular formula is C16H16ClFN3OS2+. The molecule has 0 atom stereocenters. The monoisotopic (exact) mass is 384 g/mol. The van der Waals surface area contributed by atoms with Gasteiger partial charge in [-0.15, -0.1) is 11.3 Å². The van der Waals surface area contributed by atoms with E-state index in [9.17, 15) is 9.18 Å². The molecule has 0 saturated carbocycles. The Morgan fingerprint density at radius 1 is 1.29 bits per heavy atom. The molecule has 3 aromatic rings. The van der Waals surface area contributed by atoms with Crippen LogP contribution in [0.5, 0.6) is 0 Å². The number of fused-ring (bicyclic) bond motifs is 1. The molecule has 24 heavy (non-hydrogen) atoms. The molecule has 1 amide bonds. The van der Waals surface area contributed by atoms with Crippen molar-refractivity contribution in [3.05, 3.63) is 45.4 Å². The predicted octanol–water partition coefficient (Wildman–Crippen LogP) is 2.94. The summed E-state index contributed by atoms with van der Waals surface area (Å²) in [6.07, 6.45) is 0. The smallest absolute Gasteiger partial charge is 0.270 e. The summed E-state index contributed by atoms with van der Waals surface area (Å²) in [5, 5.41) is 0.575. The molecule has 0 aliphatic rings. The number of carbonyl (C=O) groups is 1. The summed E-state index contributed by atoms with van der Waals surface area (Å²) < 4.78 is 14.7.